The molecule has 0 aliphatic carbocycles. The van der Waals surface area contributed by atoms with Gasteiger partial charge in [-0.2, -0.15) is 0 Å². The van der Waals surface area contributed by atoms with Crippen molar-refractivity contribution in [2.24, 2.45) is 5.92 Å². The van der Waals surface area contributed by atoms with Crippen molar-refractivity contribution < 1.29 is 9.59 Å². The molecule has 0 spiro atoms. The van der Waals surface area contributed by atoms with E-state index in [2.05, 4.69) is 10.6 Å². The van der Waals surface area contributed by atoms with Gasteiger partial charge in [0.25, 0.3) is 5.91 Å². The van der Waals surface area contributed by atoms with Crippen LogP contribution in [0.15, 0.2) is 18.2 Å². The van der Waals surface area contributed by atoms with Crippen LogP contribution in [0.1, 0.15) is 24.2 Å². The Hall–Kier alpha value is -1.75. The van der Waals surface area contributed by atoms with Gasteiger partial charge in [0.05, 0.1) is 22.8 Å². The van der Waals surface area contributed by atoms with Crippen molar-refractivity contribution in [3.63, 3.8) is 0 Å². The van der Waals surface area contributed by atoms with Crippen LogP contribution in [0.5, 0.6) is 0 Å². The topological polar surface area (TPSA) is 84.2 Å². The van der Waals surface area contributed by atoms with Crippen LogP contribution in [0.2, 0.25) is 5.02 Å². The normalized spacial score (nSPS) is 10.3. The first-order chi connectivity index (χ1) is 8.91. The van der Waals surface area contributed by atoms with E-state index in [9.17, 15) is 9.59 Å². The van der Waals surface area contributed by atoms with Gasteiger partial charge in [0, 0.05) is 6.54 Å². The molecule has 0 aromatic heterocycles. The van der Waals surface area contributed by atoms with Gasteiger partial charge < -0.3 is 16.4 Å². The summed E-state index contributed by atoms with van der Waals surface area (Å²) >= 11 is 5.82. The molecular weight excluding hydrogens is 266 g/mol. The number of hydrogen-bond acceptors (Lipinski definition) is 3. The number of para-hydroxylation sites is 1. The Kier molecular flexibility index (Phi) is 5.63. The predicted molar refractivity (Wildman–Crippen MR) is 76.0 cm³/mol. The third kappa shape index (κ3) is 4.79. The molecule has 1 aromatic rings. The van der Waals surface area contributed by atoms with Crippen molar-refractivity contribution in [1.82, 2.24) is 10.6 Å². The lowest BCUT2D eigenvalue weighted by Gasteiger charge is -2.10. The number of halogens is 1. The van der Waals surface area contributed by atoms with Gasteiger partial charge in [-0.15, -0.1) is 0 Å². The van der Waals surface area contributed by atoms with Crippen LogP contribution in [-0.4, -0.2) is 24.9 Å². The number of benzene rings is 1. The zero-order valence-corrected chi connectivity index (χ0v) is 11.8. The van der Waals surface area contributed by atoms with Gasteiger partial charge in [-0.3, -0.25) is 9.59 Å². The van der Waals surface area contributed by atoms with Crippen molar-refractivity contribution in [1.29, 1.82) is 0 Å². The molecule has 1 aromatic carbocycles. The quantitative estimate of drug-likeness (QED) is 0.715. The molecular formula is C13H18ClN3O2. The molecule has 0 heterocycles. The van der Waals surface area contributed by atoms with Crippen LogP contribution < -0.4 is 16.4 Å². The zero-order valence-electron chi connectivity index (χ0n) is 11.0. The smallest absolute Gasteiger partial charge is 0.253 e. The molecule has 0 aliphatic rings. The van der Waals surface area contributed by atoms with E-state index in [0.717, 1.165) is 0 Å². The average Bonchev–Trinajstić information content (AvgIpc) is 2.36. The molecule has 0 fully saturated rings. The lowest BCUT2D eigenvalue weighted by molar-refractivity contribution is -0.120. The summed E-state index contributed by atoms with van der Waals surface area (Å²) in [5.41, 5.74) is 6.17. The first-order valence-corrected chi connectivity index (χ1v) is 6.38. The molecule has 0 unspecified atom stereocenters. The maximum Gasteiger partial charge on any atom is 0.253 e. The van der Waals surface area contributed by atoms with Gasteiger partial charge >= 0.3 is 0 Å². The molecule has 6 heteroatoms. The van der Waals surface area contributed by atoms with Crippen molar-refractivity contribution in [2.75, 3.05) is 18.8 Å². The number of nitrogen functional groups attached to an aromatic ring is 1. The number of carbonyl (C=O) groups is 2. The maximum absolute atomic E-state index is 11.8. The molecule has 2 amide bonds. The Morgan fingerprint density at radius 3 is 2.63 bits per heavy atom. The van der Waals surface area contributed by atoms with Gasteiger partial charge in [-0.05, 0) is 18.1 Å². The van der Waals surface area contributed by atoms with Gasteiger partial charge in [0.15, 0.2) is 0 Å². The number of anilines is 1. The third-order valence-electron chi connectivity index (χ3n) is 2.41. The monoisotopic (exact) mass is 283 g/mol. The Bertz CT molecular complexity index is 475. The van der Waals surface area contributed by atoms with Crippen LogP contribution in [-0.2, 0) is 4.79 Å². The molecule has 5 nitrogen and oxygen atoms in total. The molecule has 4 N–H and O–H groups in total. The first-order valence-electron chi connectivity index (χ1n) is 6.00. The van der Waals surface area contributed by atoms with E-state index in [1.807, 2.05) is 13.8 Å². The second-order valence-corrected chi connectivity index (χ2v) is 4.99. The molecule has 0 bridgehead atoms. The summed E-state index contributed by atoms with van der Waals surface area (Å²) in [6, 6.07) is 4.79. The highest BCUT2D eigenvalue weighted by atomic mass is 35.5. The minimum absolute atomic E-state index is 0.0858. The molecule has 0 saturated heterocycles. The fourth-order valence-electron chi connectivity index (χ4n) is 1.37. The van der Waals surface area contributed by atoms with E-state index < -0.39 is 5.91 Å². The molecule has 19 heavy (non-hydrogen) atoms. The lowest BCUT2D eigenvalue weighted by atomic mass is 10.1. The highest BCUT2D eigenvalue weighted by Crippen LogP contribution is 2.21. The van der Waals surface area contributed by atoms with Gasteiger partial charge in [-0.1, -0.05) is 31.5 Å². The maximum atomic E-state index is 11.8. The number of nitrogens with two attached hydrogens (primary N) is 1. The number of nitrogens with one attached hydrogen (secondary N) is 2. The first kappa shape index (κ1) is 15.3. The van der Waals surface area contributed by atoms with Gasteiger partial charge in [0.2, 0.25) is 5.91 Å². The molecule has 0 atom stereocenters. The van der Waals surface area contributed by atoms with E-state index in [1.54, 1.807) is 18.2 Å². The molecule has 1 rings (SSSR count). The summed E-state index contributed by atoms with van der Waals surface area (Å²) in [5, 5.41) is 5.52. The second kappa shape index (κ2) is 6.99. The number of carbonyl (C=O) groups excluding carboxylic acids is 2. The molecule has 0 aliphatic heterocycles. The van der Waals surface area contributed by atoms with E-state index in [-0.39, 0.29) is 23.7 Å². The van der Waals surface area contributed by atoms with Crippen molar-refractivity contribution in [3.05, 3.63) is 28.8 Å². The summed E-state index contributed by atoms with van der Waals surface area (Å²) < 4.78 is 0. The third-order valence-corrected chi connectivity index (χ3v) is 2.74. The van der Waals surface area contributed by atoms with Crippen LogP contribution in [0, 0.1) is 5.92 Å². The molecule has 0 radical (unpaired) electrons. The number of amides is 2. The lowest BCUT2D eigenvalue weighted by Crippen LogP contribution is -2.38. The van der Waals surface area contributed by atoms with Crippen molar-refractivity contribution in [3.8, 4) is 0 Å². The largest absolute Gasteiger partial charge is 0.397 e. The standard InChI is InChI=1S/C13H18ClN3O2/c1-8(2)6-16-11(18)7-17-13(19)9-4-3-5-10(14)12(9)15/h3-5,8H,6-7,15H2,1-2H3,(H,16,18)(H,17,19). The van der Waals surface area contributed by atoms with Crippen molar-refractivity contribution >= 4 is 29.1 Å². The Morgan fingerprint density at radius 1 is 1.32 bits per heavy atom. The van der Waals surface area contributed by atoms with E-state index >= 15 is 0 Å². The summed E-state index contributed by atoms with van der Waals surface area (Å²) in [4.78, 5) is 23.3. The number of rotatable bonds is 5. The fourth-order valence-corrected chi connectivity index (χ4v) is 1.55. The summed E-state index contributed by atoms with van der Waals surface area (Å²) in [7, 11) is 0. The highest BCUT2D eigenvalue weighted by molar-refractivity contribution is 6.33. The minimum Gasteiger partial charge on any atom is -0.397 e. The molecule has 104 valence electrons. The van der Waals surface area contributed by atoms with E-state index in [4.69, 9.17) is 17.3 Å². The fraction of sp³-hybridized carbons (Fsp3) is 0.385. The summed E-state index contributed by atoms with van der Waals surface area (Å²) in [6.45, 7) is 4.47. The predicted octanol–water partition coefficient (Wildman–Crippen LogP) is 1.42. The minimum atomic E-state index is -0.417. The van der Waals surface area contributed by atoms with Crippen molar-refractivity contribution in [2.45, 2.75) is 13.8 Å². The van der Waals surface area contributed by atoms with Crippen LogP contribution >= 0.6 is 11.6 Å². The van der Waals surface area contributed by atoms with Crippen LogP contribution in [0.3, 0.4) is 0 Å². The number of hydrogen-bond donors (Lipinski definition) is 3. The summed E-state index contributed by atoms with van der Waals surface area (Å²) in [6.07, 6.45) is 0. The Balaban J connectivity index is 2.52. The van der Waals surface area contributed by atoms with Crippen LogP contribution in [0.25, 0.3) is 0 Å². The van der Waals surface area contributed by atoms with Gasteiger partial charge in [0.1, 0.15) is 0 Å². The van der Waals surface area contributed by atoms with Crippen LogP contribution in [0.4, 0.5) is 5.69 Å². The molecule has 0 saturated carbocycles. The van der Waals surface area contributed by atoms with E-state index in [1.165, 1.54) is 0 Å². The van der Waals surface area contributed by atoms with Gasteiger partial charge in [-0.25, -0.2) is 0 Å². The Morgan fingerprint density at radius 2 is 2.00 bits per heavy atom. The SMILES string of the molecule is CC(C)CNC(=O)CNC(=O)c1cccc(Cl)c1N. The zero-order chi connectivity index (χ0) is 14.4. The van der Waals surface area contributed by atoms with E-state index in [0.29, 0.717) is 17.5 Å². The highest BCUT2D eigenvalue weighted by Gasteiger charge is 2.12. The Labute approximate surface area is 117 Å². The summed E-state index contributed by atoms with van der Waals surface area (Å²) in [5.74, 6) is -0.287. The second-order valence-electron chi connectivity index (χ2n) is 4.58. The average molecular weight is 284 g/mol.